The van der Waals surface area contributed by atoms with Crippen LogP contribution in [0.1, 0.15) is 110 Å². The van der Waals surface area contributed by atoms with Crippen LogP contribution in [0.2, 0.25) is 0 Å². The largest absolute Gasteiger partial charge is 0.370 e. The monoisotopic (exact) mass is 1010 g/mol. The van der Waals surface area contributed by atoms with Crippen LogP contribution in [-0.2, 0) is 56.0 Å². The predicted octanol–water partition coefficient (Wildman–Crippen LogP) is 0.432. The standard InChI is InChI=1S/C51H75N13O9/c1-6-7-19-36(58-30(2)65)44(68)61-38-23-24-41(66)55-25-14-13-21-35(43(52)67)59-48(72)40(28-32-29-57-34-20-12-11-18-33(32)34)62-45(69)37(22-15-26-56-50(53)54)60-47(71)39(27-31-16-9-8-10-17-31)63-49(73)42(51(3,4)5)64-46(38)70/h8-12,16-18,20,29,35-40,42,57H,6-7,13-15,19,21-28H2,1-5H3,(H2,52,67)(H,55,66)(H,58,65)(H,59,72)(H,60,71)(H,61,68)(H,62,69)(H,63,73)(H,64,70)(H4,53,54,56)/t35-,36-,37-,38-,39+,40-,42+/m0/s1. The molecule has 1 aliphatic heterocycles. The number of para-hydroxylation sites is 1. The summed E-state index contributed by atoms with van der Waals surface area (Å²) in [7, 11) is 0. The number of hydrogen-bond donors (Lipinski definition) is 13. The lowest BCUT2D eigenvalue weighted by Gasteiger charge is -2.33. The van der Waals surface area contributed by atoms with Crippen LogP contribution in [0.15, 0.2) is 60.8 Å². The van der Waals surface area contributed by atoms with Gasteiger partial charge in [0, 0.05) is 56.4 Å². The number of carbonyl (C=O) groups is 9. The topological polar surface area (TPSA) is 354 Å². The van der Waals surface area contributed by atoms with E-state index in [9.17, 15) is 43.2 Å². The Bertz CT molecular complexity index is 2400. The molecule has 4 rings (SSSR count). The second-order valence-electron chi connectivity index (χ2n) is 19.5. The first-order chi connectivity index (χ1) is 34.7. The van der Waals surface area contributed by atoms with Gasteiger partial charge in [-0.15, -0.1) is 0 Å². The summed E-state index contributed by atoms with van der Waals surface area (Å²) in [6.07, 6.45) is 3.66. The first-order valence-corrected chi connectivity index (χ1v) is 25.0. The number of primary amides is 1. The fraction of sp³-hybridized carbons (Fsp3) is 0.529. The van der Waals surface area contributed by atoms with Crippen molar-refractivity contribution in [3.8, 4) is 0 Å². The number of amides is 9. The molecule has 398 valence electrons. The molecule has 1 aromatic heterocycles. The second-order valence-corrected chi connectivity index (χ2v) is 19.5. The molecule has 15 N–H and O–H groups in total. The first kappa shape index (κ1) is 58.1. The van der Waals surface area contributed by atoms with Crippen molar-refractivity contribution in [3.63, 3.8) is 0 Å². The summed E-state index contributed by atoms with van der Waals surface area (Å²) in [6, 6.07) is 7.30. The zero-order chi connectivity index (χ0) is 53.7. The lowest BCUT2D eigenvalue weighted by molar-refractivity contribution is -0.137. The third kappa shape index (κ3) is 19.2. The summed E-state index contributed by atoms with van der Waals surface area (Å²) >= 11 is 0. The number of H-pyrrole nitrogens is 1. The van der Waals surface area contributed by atoms with Gasteiger partial charge in [-0.2, -0.15) is 0 Å². The van der Waals surface area contributed by atoms with E-state index in [1.807, 2.05) is 31.2 Å². The molecule has 22 heteroatoms. The zero-order valence-electron chi connectivity index (χ0n) is 42.5. The lowest BCUT2D eigenvalue weighted by Crippen LogP contribution is -2.62. The highest BCUT2D eigenvalue weighted by molar-refractivity contribution is 5.98. The molecule has 3 aromatic rings. The molecule has 0 radical (unpaired) electrons. The number of benzene rings is 2. The summed E-state index contributed by atoms with van der Waals surface area (Å²) in [5.74, 6) is -6.60. The molecule has 2 aromatic carbocycles. The number of unbranched alkanes of at least 4 members (excludes halogenated alkanes) is 1. The van der Waals surface area contributed by atoms with E-state index in [1.165, 1.54) is 6.92 Å². The van der Waals surface area contributed by atoms with Crippen LogP contribution in [0.25, 0.3) is 10.9 Å². The van der Waals surface area contributed by atoms with E-state index < -0.39 is 101 Å². The van der Waals surface area contributed by atoms with Crippen LogP contribution in [0.3, 0.4) is 0 Å². The Hall–Kier alpha value is -7.52. The molecular formula is C51H75N13O9. The Labute approximate surface area is 426 Å². The van der Waals surface area contributed by atoms with Crippen LogP contribution in [0, 0.1) is 10.8 Å². The fourth-order valence-corrected chi connectivity index (χ4v) is 8.39. The van der Waals surface area contributed by atoms with E-state index in [0.29, 0.717) is 30.4 Å². The summed E-state index contributed by atoms with van der Waals surface area (Å²) in [5, 5.41) is 33.0. The van der Waals surface area contributed by atoms with Gasteiger partial charge in [0.2, 0.25) is 53.2 Å². The van der Waals surface area contributed by atoms with Crippen molar-refractivity contribution in [2.45, 2.75) is 154 Å². The lowest BCUT2D eigenvalue weighted by atomic mass is 9.85. The van der Waals surface area contributed by atoms with E-state index in [4.69, 9.17) is 16.9 Å². The average Bonchev–Trinajstić information content (AvgIpc) is 3.74. The molecule has 0 saturated carbocycles. The Morgan fingerprint density at radius 2 is 1.41 bits per heavy atom. The van der Waals surface area contributed by atoms with Crippen LogP contribution in [-0.4, -0.2) is 119 Å². The van der Waals surface area contributed by atoms with E-state index in [1.54, 1.807) is 57.3 Å². The number of rotatable bonds is 15. The number of hydrogen-bond acceptors (Lipinski definition) is 10. The second kappa shape index (κ2) is 28.5. The Balaban J connectivity index is 1.77. The molecule has 9 amide bonds. The van der Waals surface area contributed by atoms with Gasteiger partial charge in [-0.25, -0.2) is 0 Å². The van der Waals surface area contributed by atoms with E-state index in [0.717, 1.165) is 17.3 Å². The highest BCUT2D eigenvalue weighted by atomic mass is 16.2. The van der Waals surface area contributed by atoms with Crippen molar-refractivity contribution in [1.82, 2.24) is 52.8 Å². The molecule has 0 bridgehead atoms. The molecule has 0 unspecified atom stereocenters. The maximum atomic E-state index is 14.7. The summed E-state index contributed by atoms with van der Waals surface area (Å²) < 4.78 is 0. The molecule has 1 fully saturated rings. The Morgan fingerprint density at radius 1 is 0.767 bits per heavy atom. The van der Waals surface area contributed by atoms with Crippen molar-refractivity contribution < 1.29 is 43.2 Å². The molecule has 73 heavy (non-hydrogen) atoms. The third-order valence-electron chi connectivity index (χ3n) is 12.4. The number of fused-ring (bicyclic) bond motifs is 1. The highest BCUT2D eigenvalue weighted by Crippen LogP contribution is 2.22. The van der Waals surface area contributed by atoms with Crippen LogP contribution in [0.4, 0.5) is 0 Å². The molecule has 1 saturated heterocycles. The zero-order valence-corrected chi connectivity index (χ0v) is 42.5. The average molecular weight is 1010 g/mol. The quantitative estimate of drug-likeness (QED) is 0.0563. The minimum atomic E-state index is -1.36. The highest BCUT2D eigenvalue weighted by Gasteiger charge is 2.38. The molecule has 22 nitrogen and oxygen atoms in total. The van der Waals surface area contributed by atoms with Gasteiger partial charge < -0.3 is 64.3 Å². The molecule has 0 aliphatic carbocycles. The van der Waals surface area contributed by atoms with Crippen LogP contribution in [0.5, 0.6) is 0 Å². The smallest absolute Gasteiger partial charge is 0.243 e. The first-order valence-electron chi connectivity index (χ1n) is 25.0. The van der Waals surface area contributed by atoms with Crippen molar-refractivity contribution in [2.24, 2.45) is 16.9 Å². The summed E-state index contributed by atoms with van der Waals surface area (Å²) in [5.41, 5.74) is 12.4. The SMILES string of the molecule is CCCC[C@H](NC(C)=O)C(=O)N[C@H]1CCC(=O)NCCCC[C@@H](C(N)=O)NC(=O)[C@H](Cc2c[nH]c3ccccc23)NC(=O)[C@H](CCCNC(=N)N)NC(=O)[C@@H](Cc2ccccc2)NC(=O)[C@H](C(C)(C)C)NC1=O. The maximum absolute atomic E-state index is 14.7. The van der Waals surface area contributed by atoms with Crippen molar-refractivity contribution >= 4 is 70.0 Å². The van der Waals surface area contributed by atoms with Gasteiger partial charge in [-0.1, -0.05) is 89.1 Å². The van der Waals surface area contributed by atoms with Gasteiger partial charge in [-0.05, 0) is 67.6 Å². The van der Waals surface area contributed by atoms with Crippen molar-refractivity contribution in [1.29, 1.82) is 5.41 Å². The number of carbonyl (C=O) groups excluding carboxylic acids is 9. The van der Waals surface area contributed by atoms with Crippen molar-refractivity contribution in [2.75, 3.05) is 13.1 Å². The van der Waals surface area contributed by atoms with Crippen LogP contribution >= 0.6 is 0 Å². The minimum absolute atomic E-state index is 0.0270. The molecule has 2 heterocycles. The van der Waals surface area contributed by atoms with Gasteiger partial charge in [0.15, 0.2) is 5.96 Å². The number of nitrogens with two attached hydrogens (primary N) is 2. The van der Waals surface area contributed by atoms with Gasteiger partial charge in [0.25, 0.3) is 0 Å². The number of aromatic amines is 1. The van der Waals surface area contributed by atoms with Gasteiger partial charge in [-0.3, -0.25) is 48.6 Å². The van der Waals surface area contributed by atoms with Gasteiger partial charge in [0.05, 0.1) is 0 Å². The molecular weight excluding hydrogens is 939 g/mol. The number of aromatic nitrogens is 1. The number of guanidine groups is 1. The summed E-state index contributed by atoms with van der Waals surface area (Å²) in [4.78, 5) is 128. The van der Waals surface area contributed by atoms with E-state index in [2.05, 4.69) is 52.8 Å². The van der Waals surface area contributed by atoms with Gasteiger partial charge >= 0.3 is 0 Å². The third-order valence-corrected chi connectivity index (χ3v) is 12.4. The van der Waals surface area contributed by atoms with Crippen LogP contribution < -0.4 is 59.3 Å². The molecule has 7 atom stereocenters. The van der Waals surface area contributed by atoms with E-state index in [-0.39, 0.29) is 70.4 Å². The molecule has 0 spiro atoms. The normalized spacial score (nSPS) is 21.9. The Morgan fingerprint density at radius 3 is 2.08 bits per heavy atom. The maximum Gasteiger partial charge on any atom is 0.243 e. The molecule has 1 aliphatic rings. The van der Waals surface area contributed by atoms with Crippen molar-refractivity contribution in [3.05, 3.63) is 71.9 Å². The fourth-order valence-electron chi connectivity index (χ4n) is 8.39. The predicted molar refractivity (Wildman–Crippen MR) is 275 cm³/mol. The summed E-state index contributed by atoms with van der Waals surface area (Å²) in [6.45, 7) is 8.56. The number of nitrogens with one attached hydrogen (secondary N) is 11. The minimum Gasteiger partial charge on any atom is -0.370 e. The van der Waals surface area contributed by atoms with Gasteiger partial charge in [0.1, 0.15) is 42.3 Å². The Kier molecular flexibility index (Phi) is 22.7. The van der Waals surface area contributed by atoms with E-state index >= 15 is 0 Å².